The van der Waals surface area contributed by atoms with Crippen LogP contribution in [0.15, 0.2) is 46.1 Å². The first-order valence-corrected chi connectivity index (χ1v) is 9.36. The predicted molar refractivity (Wildman–Crippen MR) is 89.8 cm³/mol. The monoisotopic (exact) mass is 388 g/mol. The molecule has 1 saturated heterocycles. The molecule has 1 fully saturated rings. The van der Waals surface area contributed by atoms with Gasteiger partial charge in [0.1, 0.15) is 11.2 Å². The van der Waals surface area contributed by atoms with Gasteiger partial charge in [0.05, 0.1) is 21.9 Å². The topological polar surface area (TPSA) is 70.8 Å². The van der Waals surface area contributed by atoms with E-state index < -0.39 is 10.0 Å². The van der Waals surface area contributed by atoms with E-state index in [1.54, 1.807) is 17.0 Å². The van der Waals surface area contributed by atoms with E-state index in [1.807, 2.05) is 0 Å². The third-order valence-corrected chi connectivity index (χ3v) is 6.70. The summed E-state index contributed by atoms with van der Waals surface area (Å²) in [4.78, 5) is 13.8. The normalized spacial score (nSPS) is 16.3. The molecule has 9 heteroatoms. The molecule has 1 aromatic carbocycles. The molecule has 0 saturated carbocycles. The van der Waals surface area contributed by atoms with Gasteiger partial charge < -0.3 is 9.32 Å². The standard InChI is InChI=1S/C15H14Cl2N2O4S/c16-12-2-1-3-13(14(12)17)24(21,22)19-7-5-18(6-8-19)15(20)11-4-9-23-10-11/h1-4,9-10H,5-8H2. The largest absolute Gasteiger partial charge is 0.472 e. The highest BCUT2D eigenvalue weighted by Gasteiger charge is 2.32. The number of sulfonamides is 1. The fourth-order valence-corrected chi connectivity index (χ4v) is 4.68. The summed E-state index contributed by atoms with van der Waals surface area (Å²) < 4.78 is 31.7. The third kappa shape index (κ3) is 3.17. The van der Waals surface area contributed by atoms with Gasteiger partial charge in [0.2, 0.25) is 10.0 Å². The zero-order valence-electron chi connectivity index (χ0n) is 12.5. The summed E-state index contributed by atoms with van der Waals surface area (Å²) >= 11 is 11.9. The molecule has 1 aliphatic rings. The lowest BCUT2D eigenvalue weighted by Gasteiger charge is -2.34. The van der Waals surface area contributed by atoms with Crippen LogP contribution in [0, 0.1) is 0 Å². The van der Waals surface area contributed by atoms with Gasteiger partial charge in [0.25, 0.3) is 5.91 Å². The molecule has 1 aliphatic heterocycles. The van der Waals surface area contributed by atoms with Crippen LogP contribution in [0.25, 0.3) is 0 Å². The number of nitrogens with zero attached hydrogens (tertiary/aromatic N) is 2. The molecule has 24 heavy (non-hydrogen) atoms. The highest BCUT2D eigenvalue weighted by atomic mass is 35.5. The Balaban J connectivity index is 1.74. The molecule has 2 heterocycles. The van der Waals surface area contributed by atoms with Crippen molar-refractivity contribution in [3.05, 3.63) is 52.4 Å². The number of carbonyl (C=O) groups excluding carboxylic acids is 1. The zero-order valence-corrected chi connectivity index (χ0v) is 14.8. The molecule has 1 amide bonds. The van der Waals surface area contributed by atoms with Gasteiger partial charge in [-0.05, 0) is 18.2 Å². The fourth-order valence-electron chi connectivity index (χ4n) is 2.52. The Kier molecular flexibility index (Phi) is 4.87. The fraction of sp³-hybridized carbons (Fsp3) is 0.267. The van der Waals surface area contributed by atoms with E-state index in [0.717, 1.165) is 0 Å². The summed E-state index contributed by atoms with van der Waals surface area (Å²) in [6.45, 7) is 0.965. The maximum Gasteiger partial charge on any atom is 0.257 e. The minimum absolute atomic E-state index is 0.0102. The maximum atomic E-state index is 12.7. The minimum atomic E-state index is -3.76. The quantitative estimate of drug-likeness (QED) is 0.810. The highest BCUT2D eigenvalue weighted by molar-refractivity contribution is 7.89. The molecule has 0 aliphatic carbocycles. The number of hydrogen-bond donors (Lipinski definition) is 0. The number of piperazine rings is 1. The van der Waals surface area contributed by atoms with Crippen LogP contribution in [0.2, 0.25) is 10.0 Å². The van der Waals surface area contributed by atoms with E-state index in [2.05, 4.69) is 0 Å². The van der Waals surface area contributed by atoms with Crippen LogP contribution in [0.3, 0.4) is 0 Å². The molecular formula is C15H14Cl2N2O4S. The lowest BCUT2D eigenvalue weighted by Crippen LogP contribution is -2.50. The Hall–Kier alpha value is -1.54. The van der Waals surface area contributed by atoms with Crippen molar-refractivity contribution in [2.75, 3.05) is 26.2 Å². The van der Waals surface area contributed by atoms with Crippen molar-refractivity contribution in [2.24, 2.45) is 0 Å². The van der Waals surface area contributed by atoms with Crippen LogP contribution < -0.4 is 0 Å². The van der Waals surface area contributed by atoms with Gasteiger partial charge in [-0.2, -0.15) is 4.31 Å². The first kappa shape index (κ1) is 17.3. The predicted octanol–water partition coefficient (Wildman–Crippen LogP) is 2.73. The SMILES string of the molecule is O=C(c1ccoc1)N1CCN(S(=O)(=O)c2cccc(Cl)c2Cl)CC1. The van der Waals surface area contributed by atoms with Gasteiger partial charge in [-0.15, -0.1) is 0 Å². The maximum absolute atomic E-state index is 12.7. The molecule has 6 nitrogen and oxygen atoms in total. The van der Waals surface area contributed by atoms with E-state index in [-0.39, 0.29) is 33.9 Å². The van der Waals surface area contributed by atoms with E-state index in [9.17, 15) is 13.2 Å². The molecule has 128 valence electrons. The van der Waals surface area contributed by atoms with Crippen LogP contribution in [0.5, 0.6) is 0 Å². The van der Waals surface area contributed by atoms with E-state index in [0.29, 0.717) is 18.7 Å². The Morgan fingerprint density at radius 1 is 1.08 bits per heavy atom. The van der Waals surface area contributed by atoms with E-state index >= 15 is 0 Å². The number of hydrogen-bond acceptors (Lipinski definition) is 4. The Morgan fingerprint density at radius 3 is 2.42 bits per heavy atom. The number of carbonyl (C=O) groups is 1. The molecule has 0 bridgehead atoms. The summed E-state index contributed by atoms with van der Waals surface area (Å²) in [6.07, 6.45) is 2.80. The molecule has 2 aromatic rings. The molecule has 3 rings (SSSR count). The van der Waals surface area contributed by atoms with Crippen molar-refractivity contribution in [3.8, 4) is 0 Å². The average molecular weight is 389 g/mol. The van der Waals surface area contributed by atoms with Crippen LogP contribution in [-0.4, -0.2) is 49.7 Å². The molecule has 0 atom stereocenters. The van der Waals surface area contributed by atoms with Gasteiger partial charge >= 0.3 is 0 Å². The zero-order chi connectivity index (χ0) is 17.3. The first-order chi connectivity index (χ1) is 11.4. The van der Waals surface area contributed by atoms with Crippen molar-refractivity contribution in [2.45, 2.75) is 4.90 Å². The van der Waals surface area contributed by atoms with Crippen molar-refractivity contribution >= 4 is 39.1 Å². The molecular weight excluding hydrogens is 375 g/mol. The number of rotatable bonds is 3. The Morgan fingerprint density at radius 2 is 1.79 bits per heavy atom. The van der Waals surface area contributed by atoms with Crippen LogP contribution >= 0.6 is 23.2 Å². The lowest BCUT2D eigenvalue weighted by molar-refractivity contribution is 0.0697. The van der Waals surface area contributed by atoms with Crippen molar-refractivity contribution in [3.63, 3.8) is 0 Å². The van der Waals surface area contributed by atoms with Gasteiger partial charge in [0.15, 0.2) is 0 Å². The molecule has 0 radical (unpaired) electrons. The van der Waals surface area contributed by atoms with E-state index in [4.69, 9.17) is 27.6 Å². The Labute approximate surface area is 149 Å². The molecule has 0 N–H and O–H groups in total. The second-order valence-corrected chi connectivity index (χ2v) is 7.95. The number of benzene rings is 1. The third-order valence-electron chi connectivity index (χ3n) is 3.83. The highest BCUT2D eigenvalue weighted by Crippen LogP contribution is 2.31. The molecule has 0 unspecified atom stereocenters. The smallest absolute Gasteiger partial charge is 0.257 e. The molecule has 0 spiro atoms. The summed E-state index contributed by atoms with van der Waals surface area (Å²) in [6, 6.07) is 6.08. The van der Waals surface area contributed by atoms with Gasteiger partial charge in [0, 0.05) is 26.2 Å². The van der Waals surface area contributed by atoms with Gasteiger partial charge in [-0.25, -0.2) is 8.42 Å². The average Bonchev–Trinajstić information content (AvgIpc) is 3.11. The minimum Gasteiger partial charge on any atom is -0.472 e. The number of halogens is 2. The molecule has 1 aromatic heterocycles. The summed E-state index contributed by atoms with van der Waals surface area (Å²) in [5.74, 6) is -0.179. The second kappa shape index (κ2) is 6.76. The van der Waals surface area contributed by atoms with Gasteiger partial charge in [-0.1, -0.05) is 29.3 Å². The van der Waals surface area contributed by atoms with Crippen molar-refractivity contribution < 1.29 is 17.6 Å². The first-order valence-electron chi connectivity index (χ1n) is 7.17. The van der Waals surface area contributed by atoms with Gasteiger partial charge in [-0.3, -0.25) is 4.79 Å². The summed E-state index contributed by atoms with van der Waals surface area (Å²) in [5, 5.41) is 0.197. The number of furan rings is 1. The van der Waals surface area contributed by atoms with Crippen molar-refractivity contribution in [1.29, 1.82) is 0 Å². The van der Waals surface area contributed by atoms with Crippen LogP contribution in [-0.2, 0) is 10.0 Å². The Bertz CT molecular complexity index is 844. The van der Waals surface area contributed by atoms with Crippen LogP contribution in [0.1, 0.15) is 10.4 Å². The summed E-state index contributed by atoms with van der Waals surface area (Å²) in [7, 11) is -3.76. The van der Waals surface area contributed by atoms with Crippen LogP contribution in [0.4, 0.5) is 0 Å². The van der Waals surface area contributed by atoms with E-state index in [1.165, 1.54) is 29.0 Å². The van der Waals surface area contributed by atoms with Crippen molar-refractivity contribution in [1.82, 2.24) is 9.21 Å². The summed E-state index contributed by atoms with van der Waals surface area (Å²) in [5.41, 5.74) is 0.448. The number of amides is 1. The lowest BCUT2D eigenvalue weighted by atomic mass is 10.2. The second-order valence-electron chi connectivity index (χ2n) is 5.26.